The summed E-state index contributed by atoms with van der Waals surface area (Å²) in [6.07, 6.45) is 0. The van der Waals surface area contributed by atoms with Gasteiger partial charge >= 0.3 is 0 Å². The zero-order chi connectivity index (χ0) is 14.7. The molecule has 0 aliphatic carbocycles. The number of phenolic OH excluding ortho intramolecular Hbond substituents is 1. The van der Waals surface area contributed by atoms with Gasteiger partial charge in [0.1, 0.15) is 11.5 Å². The van der Waals surface area contributed by atoms with Crippen LogP contribution in [0.5, 0.6) is 11.5 Å². The number of ether oxygens (including phenoxy) is 1. The van der Waals surface area contributed by atoms with E-state index < -0.39 is 0 Å². The molecule has 1 amide bonds. The topological polar surface area (TPSA) is 58.6 Å². The van der Waals surface area contributed by atoms with Gasteiger partial charge in [0.15, 0.2) is 0 Å². The van der Waals surface area contributed by atoms with Crippen LogP contribution in [-0.2, 0) is 0 Å². The molecule has 2 rings (SSSR count). The summed E-state index contributed by atoms with van der Waals surface area (Å²) in [7, 11) is 1.58. The Morgan fingerprint density at radius 2 is 2.00 bits per heavy atom. The fourth-order valence-electron chi connectivity index (χ4n) is 1.85. The molecule has 2 aromatic rings. The number of amides is 1. The fourth-order valence-corrected chi connectivity index (χ4v) is 2.39. The number of hydrogen-bond donors (Lipinski definition) is 2. The Morgan fingerprint density at radius 1 is 1.25 bits per heavy atom. The molecule has 0 radical (unpaired) electrons. The van der Waals surface area contributed by atoms with Crippen LogP contribution in [0.3, 0.4) is 0 Å². The highest BCUT2D eigenvalue weighted by Gasteiger charge is 2.10. The molecule has 0 aliphatic rings. The van der Waals surface area contributed by atoms with Crippen LogP contribution in [0.2, 0.25) is 0 Å². The van der Waals surface area contributed by atoms with E-state index in [0.717, 1.165) is 10.0 Å². The SMILES string of the molecule is COc1ccc(NC(=O)c2ccc(O)cc2C)cc1Br. The lowest BCUT2D eigenvalue weighted by Gasteiger charge is -2.10. The number of rotatable bonds is 3. The molecule has 0 fully saturated rings. The lowest BCUT2D eigenvalue weighted by atomic mass is 10.1. The minimum Gasteiger partial charge on any atom is -0.508 e. The second kappa shape index (κ2) is 5.96. The number of halogens is 1. The lowest BCUT2D eigenvalue weighted by molar-refractivity contribution is 0.102. The van der Waals surface area contributed by atoms with Gasteiger partial charge in [0.25, 0.3) is 5.91 Å². The van der Waals surface area contributed by atoms with Gasteiger partial charge in [-0.1, -0.05) is 0 Å². The van der Waals surface area contributed by atoms with Crippen molar-refractivity contribution in [2.24, 2.45) is 0 Å². The number of carbonyl (C=O) groups is 1. The second-order valence-electron chi connectivity index (χ2n) is 4.30. The molecule has 0 saturated carbocycles. The first-order chi connectivity index (χ1) is 9.51. The van der Waals surface area contributed by atoms with Gasteiger partial charge in [0.05, 0.1) is 11.6 Å². The van der Waals surface area contributed by atoms with Gasteiger partial charge in [-0.25, -0.2) is 0 Å². The van der Waals surface area contributed by atoms with E-state index in [1.807, 2.05) is 0 Å². The van der Waals surface area contributed by atoms with E-state index in [2.05, 4.69) is 21.2 Å². The van der Waals surface area contributed by atoms with Crippen molar-refractivity contribution in [1.29, 1.82) is 0 Å². The average Bonchev–Trinajstić information content (AvgIpc) is 2.38. The van der Waals surface area contributed by atoms with Crippen molar-refractivity contribution >= 4 is 27.5 Å². The van der Waals surface area contributed by atoms with Crippen molar-refractivity contribution in [1.82, 2.24) is 0 Å². The Hall–Kier alpha value is -2.01. The first-order valence-corrected chi connectivity index (χ1v) is 6.75. The summed E-state index contributed by atoms with van der Waals surface area (Å²) in [5.41, 5.74) is 1.90. The van der Waals surface area contributed by atoms with E-state index in [1.54, 1.807) is 44.4 Å². The van der Waals surface area contributed by atoms with Crippen LogP contribution in [0.15, 0.2) is 40.9 Å². The molecule has 104 valence electrons. The molecule has 0 aromatic heterocycles. The third-order valence-electron chi connectivity index (χ3n) is 2.86. The number of benzene rings is 2. The molecule has 20 heavy (non-hydrogen) atoms. The molecular formula is C15H14BrNO3. The van der Waals surface area contributed by atoms with Gasteiger partial charge in [-0.2, -0.15) is 0 Å². The molecule has 0 saturated heterocycles. The summed E-state index contributed by atoms with van der Waals surface area (Å²) in [6.45, 7) is 1.78. The highest BCUT2D eigenvalue weighted by atomic mass is 79.9. The quantitative estimate of drug-likeness (QED) is 0.898. The van der Waals surface area contributed by atoms with Crippen LogP contribution < -0.4 is 10.1 Å². The Bertz CT molecular complexity index is 656. The van der Waals surface area contributed by atoms with Gasteiger partial charge in [-0.15, -0.1) is 0 Å². The molecule has 0 atom stereocenters. The molecule has 5 heteroatoms. The van der Waals surface area contributed by atoms with E-state index in [-0.39, 0.29) is 11.7 Å². The van der Waals surface area contributed by atoms with Gasteiger partial charge in [-0.3, -0.25) is 4.79 Å². The Morgan fingerprint density at radius 3 is 2.60 bits per heavy atom. The largest absolute Gasteiger partial charge is 0.508 e. The standard InChI is InChI=1S/C15H14BrNO3/c1-9-7-11(18)4-5-12(9)15(19)17-10-3-6-14(20-2)13(16)8-10/h3-8,18H,1-2H3,(H,17,19). The fraction of sp³-hybridized carbons (Fsp3) is 0.133. The molecule has 0 aliphatic heterocycles. The number of phenols is 1. The van der Waals surface area contributed by atoms with Gasteiger partial charge in [0, 0.05) is 11.3 Å². The number of nitrogens with one attached hydrogen (secondary N) is 1. The predicted molar refractivity (Wildman–Crippen MR) is 81.5 cm³/mol. The Balaban J connectivity index is 2.21. The molecule has 0 unspecified atom stereocenters. The van der Waals surface area contributed by atoms with Gasteiger partial charge in [0.2, 0.25) is 0 Å². The van der Waals surface area contributed by atoms with Crippen LogP contribution in [0.4, 0.5) is 5.69 Å². The predicted octanol–water partition coefficient (Wildman–Crippen LogP) is 3.72. The van der Waals surface area contributed by atoms with Crippen molar-refractivity contribution in [3.05, 3.63) is 52.0 Å². The third kappa shape index (κ3) is 3.11. The summed E-state index contributed by atoms with van der Waals surface area (Å²) in [5, 5.41) is 12.2. The van der Waals surface area contributed by atoms with Crippen LogP contribution in [0, 0.1) is 6.92 Å². The molecule has 2 N–H and O–H groups in total. The van der Waals surface area contributed by atoms with E-state index in [9.17, 15) is 9.90 Å². The van der Waals surface area contributed by atoms with Gasteiger partial charge < -0.3 is 15.2 Å². The highest BCUT2D eigenvalue weighted by molar-refractivity contribution is 9.10. The van der Waals surface area contributed by atoms with Crippen molar-refractivity contribution in [2.45, 2.75) is 6.92 Å². The smallest absolute Gasteiger partial charge is 0.255 e. The monoisotopic (exact) mass is 335 g/mol. The molecule has 0 heterocycles. The maximum Gasteiger partial charge on any atom is 0.255 e. The van der Waals surface area contributed by atoms with E-state index in [1.165, 1.54) is 6.07 Å². The summed E-state index contributed by atoms with van der Waals surface area (Å²) in [6, 6.07) is 9.94. The Kier molecular flexibility index (Phi) is 4.29. The van der Waals surface area contributed by atoms with Gasteiger partial charge in [-0.05, 0) is 64.8 Å². The van der Waals surface area contributed by atoms with Crippen molar-refractivity contribution in [2.75, 3.05) is 12.4 Å². The Labute approximate surface area is 125 Å². The van der Waals surface area contributed by atoms with Crippen LogP contribution in [-0.4, -0.2) is 18.1 Å². The normalized spacial score (nSPS) is 10.2. The summed E-state index contributed by atoms with van der Waals surface area (Å²) < 4.78 is 5.90. The van der Waals surface area contributed by atoms with Crippen molar-refractivity contribution < 1.29 is 14.6 Å². The minimum absolute atomic E-state index is 0.145. The van der Waals surface area contributed by atoms with Crippen LogP contribution in [0.25, 0.3) is 0 Å². The number of carbonyl (C=O) groups excluding carboxylic acids is 1. The second-order valence-corrected chi connectivity index (χ2v) is 5.16. The lowest BCUT2D eigenvalue weighted by Crippen LogP contribution is -2.13. The van der Waals surface area contributed by atoms with E-state index >= 15 is 0 Å². The first kappa shape index (κ1) is 14.4. The van der Waals surface area contributed by atoms with Crippen LogP contribution in [0.1, 0.15) is 15.9 Å². The first-order valence-electron chi connectivity index (χ1n) is 5.96. The highest BCUT2D eigenvalue weighted by Crippen LogP contribution is 2.28. The number of hydrogen-bond acceptors (Lipinski definition) is 3. The molecule has 2 aromatic carbocycles. The third-order valence-corrected chi connectivity index (χ3v) is 3.48. The molecule has 0 bridgehead atoms. The molecule has 4 nitrogen and oxygen atoms in total. The summed E-state index contributed by atoms with van der Waals surface area (Å²) in [4.78, 5) is 12.2. The zero-order valence-electron chi connectivity index (χ0n) is 11.1. The minimum atomic E-state index is -0.223. The summed E-state index contributed by atoms with van der Waals surface area (Å²) >= 11 is 3.37. The number of aryl methyl sites for hydroxylation is 1. The van der Waals surface area contributed by atoms with Crippen molar-refractivity contribution in [3.8, 4) is 11.5 Å². The molecular weight excluding hydrogens is 322 g/mol. The van der Waals surface area contributed by atoms with E-state index in [4.69, 9.17) is 4.74 Å². The number of aromatic hydroxyl groups is 1. The van der Waals surface area contributed by atoms with Crippen molar-refractivity contribution in [3.63, 3.8) is 0 Å². The maximum absolute atomic E-state index is 12.2. The maximum atomic E-state index is 12.2. The zero-order valence-corrected chi connectivity index (χ0v) is 12.7. The number of methoxy groups -OCH3 is 1. The number of anilines is 1. The summed E-state index contributed by atoms with van der Waals surface area (Å²) in [5.74, 6) is 0.620. The average molecular weight is 336 g/mol. The molecule has 0 spiro atoms. The van der Waals surface area contributed by atoms with E-state index in [0.29, 0.717) is 17.0 Å². The van der Waals surface area contributed by atoms with Crippen LogP contribution >= 0.6 is 15.9 Å².